The molecule has 0 radical (unpaired) electrons. The van der Waals surface area contributed by atoms with Crippen LogP contribution in [0.2, 0.25) is 0 Å². The fraction of sp³-hybridized carbons (Fsp3) is 0.364. The van der Waals surface area contributed by atoms with Gasteiger partial charge in [0.1, 0.15) is 0 Å². The number of carbonyl (C=O) groups excluding carboxylic acids is 1. The van der Waals surface area contributed by atoms with Crippen molar-refractivity contribution in [2.45, 2.75) is 19.3 Å². The molecule has 0 atom stereocenters. The van der Waals surface area contributed by atoms with Gasteiger partial charge in [-0.3, -0.25) is 9.80 Å². The molecule has 0 saturated carbocycles. The summed E-state index contributed by atoms with van der Waals surface area (Å²) in [5.41, 5.74) is 1.23. The number of halogens is 1. The molecule has 1 aromatic carbocycles. The van der Waals surface area contributed by atoms with Crippen molar-refractivity contribution in [1.29, 1.82) is 0 Å². The average molecular weight is 271 g/mol. The molecule has 1 aromatic rings. The van der Waals surface area contributed by atoms with Crippen LogP contribution in [0.1, 0.15) is 18.4 Å². The molecule has 0 heterocycles. The highest BCUT2D eigenvalue weighted by molar-refractivity contribution is 9.10. The lowest BCUT2D eigenvalue weighted by atomic mass is 10.1. The Bertz CT molecular complexity index is 339. The Morgan fingerprint density at radius 3 is 2.87 bits per heavy atom. The summed E-state index contributed by atoms with van der Waals surface area (Å²) in [7, 11) is 1.57. The van der Waals surface area contributed by atoms with Gasteiger partial charge in [-0.1, -0.05) is 28.1 Å². The lowest BCUT2D eigenvalue weighted by Gasteiger charge is -2.09. The number of benzene rings is 1. The normalized spacial score (nSPS) is 10.1. The maximum absolute atomic E-state index is 11.2. The van der Waals surface area contributed by atoms with Crippen LogP contribution in [0.15, 0.2) is 28.7 Å². The van der Waals surface area contributed by atoms with Gasteiger partial charge in [-0.05, 0) is 30.5 Å². The molecule has 0 aromatic heterocycles. The number of nitrogens with two attached hydrogens (primary N) is 1. The predicted molar refractivity (Wildman–Crippen MR) is 64.0 cm³/mol. The van der Waals surface area contributed by atoms with E-state index >= 15 is 0 Å². The first-order chi connectivity index (χ1) is 7.09. The molecular formula is C11H15BrN2O. The Kier molecular flexibility index (Phi) is 4.78. The van der Waals surface area contributed by atoms with Gasteiger partial charge >= 0.3 is 0 Å². The SMILES string of the molecule is CN(N)C(=O)CCCc1cccc(Br)c1. The largest absolute Gasteiger partial charge is 0.284 e. The molecule has 0 aliphatic heterocycles. The zero-order valence-corrected chi connectivity index (χ0v) is 10.3. The highest BCUT2D eigenvalue weighted by atomic mass is 79.9. The summed E-state index contributed by atoms with van der Waals surface area (Å²) >= 11 is 3.41. The summed E-state index contributed by atoms with van der Waals surface area (Å²) in [5.74, 6) is 5.29. The van der Waals surface area contributed by atoms with Crippen molar-refractivity contribution >= 4 is 21.8 Å². The quantitative estimate of drug-likeness (QED) is 0.518. The Balaban J connectivity index is 2.35. The highest BCUT2D eigenvalue weighted by Crippen LogP contribution is 2.13. The van der Waals surface area contributed by atoms with Crippen molar-refractivity contribution in [3.8, 4) is 0 Å². The molecule has 4 heteroatoms. The molecule has 1 rings (SSSR count). The zero-order chi connectivity index (χ0) is 11.3. The average Bonchev–Trinajstić information content (AvgIpc) is 2.17. The van der Waals surface area contributed by atoms with Crippen molar-refractivity contribution in [2.24, 2.45) is 5.84 Å². The minimum absolute atomic E-state index is 0.0232. The molecule has 0 aliphatic rings. The standard InChI is InChI=1S/C11H15BrN2O/c1-14(13)11(15)7-3-5-9-4-2-6-10(12)8-9/h2,4,6,8H,3,5,7,13H2,1H3. The molecular weight excluding hydrogens is 256 g/mol. The number of hydrogen-bond donors (Lipinski definition) is 1. The smallest absolute Gasteiger partial charge is 0.236 e. The summed E-state index contributed by atoms with van der Waals surface area (Å²) in [4.78, 5) is 11.2. The van der Waals surface area contributed by atoms with Crippen LogP contribution in [-0.4, -0.2) is 18.0 Å². The van der Waals surface area contributed by atoms with Crippen molar-refractivity contribution in [1.82, 2.24) is 5.01 Å². The molecule has 0 aliphatic carbocycles. The number of carbonyl (C=O) groups is 1. The van der Waals surface area contributed by atoms with Crippen LogP contribution >= 0.6 is 15.9 Å². The van der Waals surface area contributed by atoms with Crippen LogP contribution in [0.5, 0.6) is 0 Å². The molecule has 0 spiro atoms. The molecule has 0 bridgehead atoms. The number of rotatable bonds is 4. The van der Waals surface area contributed by atoms with E-state index in [0.717, 1.165) is 22.3 Å². The van der Waals surface area contributed by atoms with Gasteiger partial charge in [-0.15, -0.1) is 0 Å². The summed E-state index contributed by atoms with van der Waals surface area (Å²) in [5, 5.41) is 1.14. The maximum atomic E-state index is 11.2. The van der Waals surface area contributed by atoms with E-state index in [-0.39, 0.29) is 5.91 Å². The summed E-state index contributed by atoms with van der Waals surface area (Å²) < 4.78 is 1.07. The molecule has 82 valence electrons. The van der Waals surface area contributed by atoms with E-state index in [1.165, 1.54) is 5.56 Å². The van der Waals surface area contributed by atoms with Gasteiger partial charge in [0.2, 0.25) is 5.91 Å². The van der Waals surface area contributed by atoms with E-state index in [4.69, 9.17) is 5.84 Å². The molecule has 0 fully saturated rings. The maximum Gasteiger partial charge on any atom is 0.236 e. The summed E-state index contributed by atoms with van der Waals surface area (Å²) in [6, 6.07) is 8.11. The Morgan fingerprint density at radius 1 is 1.53 bits per heavy atom. The van der Waals surface area contributed by atoms with E-state index in [2.05, 4.69) is 28.1 Å². The minimum atomic E-state index is -0.0232. The Hall–Kier alpha value is -0.870. The van der Waals surface area contributed by atoms with Crippen LogP contribution in [0.25, 0.3) is 0 Å². The third-order valence-electron chi connectivity index (χ3n) is 2.14. The molecule has 1 amide bonds. The molecule has 0 saturated heterocycles. The summed E-state index contributed by atoms with van der Waals surface area (Å²) in [6.07, 6.45) is 2.23. The van der Waals surface area contributed by atoms with Gasteiger partial charge in [0, 0.05) is 17.9 Å². The number of aryl methyl sites for hydroxylation is 1. The molecule has 15 heavy (non-hydrogen) atoms. The fourth-order valence-electron chi connectivity index (χ4n) is 1.31. The monoisotopic (exact) mass is 270 g/mol. The van der Waals surface area contributed by atoms with Crippen molar-refractivity contribution in [2.75, 3.05) is 7.05 Å². The van der Waals surface area contributed by atoms with Crippen LogP contribution in [-0.2, 0) is 11.2 Å². The third kappa shape index (κ3) is 4.44. The zero-order valence-electron chi connectivity index (χ0n) is 8.74. The molecule has 3 nitrogen and oxygen atoms in total. The lowest BCUT2D eigenvalue weighted by molar-refractivity contribution is -0.130. The Labute approximate surface area is 98.4 Å². The van der Waals surface area contributed by atoms with E-state index < -0.39 is 0 Å². The topological polar surface area (TPSA) is 46.3 Å². The van der Waals surface area contributed by atoms with Crippen LogP contribution in [0.4, 0.5) is 0 Å². The number of hydrazine groups is 1. The van der Waals surface area contributed by atoms with Gasteiger partial charge < -0.3 is 0 Å². The first kappa shape index (κ1) is 12.2. The number of amides is 1. The second kappa shape index (κ2) is 5.88. The Morgan fingerprint density at radius 2 is 2.27 bits per heavy atom. The molecule has 2 N–H and O–H groups in total. The second-order valence-corrected chi connectivity index (χ2v) is 4.40. The van der Waals surface area contributed by atoms with Gasteiger partial charge in [0.15, 0.2) is 0 Å². The number of nitrogens with zero attached hydrogens (tertiary/aromatic N) is 1. The first-order valence-electron chi connectivity index (χ1n) is 4.85. The van der Waals surface area contributed by atoms with Gasteiger partial charge in [-0.25, -0.2) is 5.84 Å². The predicted octanol–water partition coefficient (Wildman–Crippen LogP) is 2.10. The fourth-order valence-corrected chi connectivity index (χ4v) is 1.76. The van der Waals surface area contributed by atoms with E-state index in [1.807, 2.05) is 12.1 Å². The second-order valence-electron chi connectivity index (χ2n) is 3.49. The van der Waals surface area contributed by atoms with E-state index in [1.54, 1.807) is 7.05 Å². The van der Waals surface area contributed by atoms with Crippen LogP contribution in [0.3, 0.4) is 0 Å². The van der Waals surface area contributed by atoms with E-state index in [9.17, 15) is 4.79 Å². The van der Waals surface area contributed by atoms with Crippen LogP contribution in [0, 0.1) is 0 Å². The van der Waals surface area contributed by atoms with Gasteiger partial charge in [0.05, 0.1) is 0 Å². The van der Waals surface area contributed by atoms with Crippen LogP contribution < -0.4 is 5.84 Å². The highest BCUT2D eigenvalue weighted by Gasteiger charge is 2.03. The van der Waals surface area contributed by atoms with Crippen molar-refractivity contribution < 1.29 is 4.79 Å². The third-order valence-corrected chi connectivity index (χ3v) is 2.63. The first-order valence-corrected chi connectivity index (χ1v) is 5.64. The van der Waals surface area contributed by atoms with Gasteiger partial charge in [-0.2, -0.15) is 0 Å². The van der Waals surface area contributed by atoms with Crippen molar-refractivity contribution in [3.63, 3.8) is 0 Å². The number of hydrogen-bond acceptors (Lipinski definition) is 2. The van der Waals surface area contributed by atoms with E-state index in [0.29, 0.717) is 6.42 Å². The lowest BCUT2D eigenvalue weighted by Crippen LogP contribution is -2.32. The molecule has 0 unspecified atom stereocenters. The van der Waals surface area contributed by atoms with Crippen molar-refractivity contribution in [3.05, 3.63) is 34.3 Å². The summed E-state index contributed by atoms with van der Waals surface area (Å²) in [6.45, 7) is 0. The van der Waals surface area contributed by atoms with Gasteiger partial charge in [0.25, 0.3) is 0 Å². The minimum Gasteiger partial charge on any atom is -0.284 e.